The van der Waals surface area contributed by atoms with Gasteiger partial charge in [0.25, 0.3) is 0 Å². The van der Waals surface area contributed by atoms with Crippen molar-refractivity contribution in [1.29, 1.82) is 0 Å². The molecule has 0 aliphatic carbocycles. The van der Waals surface area contributed by atoms with Gasteiger partial charge in [-0.1, -0.05) is 18.2 Å². The van der Waals surface area contributed by atoms with Crippen molar-refractivity contribution in [3.63, 3.8) is 0 Å². The van der Waals surface area contributed by atoms with E-state index in [9.17, 15) is 18.0 Å². The molecule has 1 heterocycles. The van der Waals surface area contributed by atoms with Crippen molar-refractivity contribution in [3.05, 3.63) is 48.6 Å². The summed E-state index contributed by atoms with van der Waals surface area (Å²) in [6.07, 6.45) is 0.881. The first-order valence-corrected chi connectivity index (χ1v) is 6.27. The van der Waals surface area contributed by atoms with Crippen LogP contribution in [0.2, 0.25) is 0 Å². The number of hydrogen-bond acceptors (Lipinski definition) is 4. The average molecular weight is 311 g/mol. The van der Waals surface area contributed by atoms with Crippen LogP contribution in [0.25, 0.3) is 6.08 Å². The van der Waals surface area contributed by atoms with Crippen LogP contribution in [0.4, 0.5) is 13.2 Å². The Morgan fingerprint density at radius 1 is 1.32 bits per heavy atom. The van der Waals surface area contributed by atoms with Crippen molar-refractivity contribution in [2.24, 2.45) is 0 Å². The molecule has 2 aromatic rings. The molecule has 0 amide bonds. The largest absolute Gasteiger partial charge is 0.573 e. The van der Waals surface area contributed by atoms with E-state index in [0.717, 1.165) is 0 Å². The van der Waals surface area contributed by atoms with Crippen LogP contribution in [0.3, 0.4) is 0 Å². The van der Waals surface area contributed by atoms with Gasteiger partial charge < -0.3 is 4.74 Å². The minimum absolute atomic E-state index is 0.207. The molecule has 1 unspecified atom stereocenters. The smallest absolute Gasteiger partial charge is 0.406 e. The number of rotatable bonds is 5. The van der Waals surface area contributed by atoms with Crippen molar-refractivity contribution in [3.8, 4) is 5.75 Å². The molecule has 0 saturated carbocycles. The molecule has 0 radical (unpaired) electrons. The van der Waals surface area contributed by atoms with Gasteiger partial charge in [0.1, 0.15) is 24.4 Å². The molecule has 0 N–H and O–H groups in total. The third-order valence-corrected chi connectivity index (χ3v) is 2.80. The molecule has 0 aliphatic heterocycles. The SMILES string of the molecule is CC(C(=O)/C=C/c1ccc(OC(F)(F)F)cc1)n1cncn1. The van der Waals surface area contributed by atoms with Crippen LogP contribution < -0.4 is 4.74 Å². The Morgan fingerprint density at radius 2 is 2.00 bits per heavy atom. The van der Waals surface area contributed by atoms with Crippen LogP contribution in [-0.2, 0) is 4.79 Å². The molecule has 116 valence electrons. The van der Waals surface area contributed by atoms with Gasteiger partial charge in [-0.15, -0.1) is 13.2 Å². The second-order valence-electron chi connectivity index (χ2n) is 4.40. The van der Waals surface area contributed by atoms with Gasteiger partial charge >= 0.3 is 6.36 Å². The lowest BCUT2D eigenvalue weighted by molar-refractivity contribution is -0.274. The zero-order valence-electron chi connectivity index (χ0n) is 11.5. The lowest BCUT2D eigenvalue weighted by Crippen LogP contribution is -2.16. The Morgan fingerprint density at radius 3 is 2.55 bits per heavy atom. The van der Waals surface area contributed by atoms with Gasteiger partial charge in [0.15, 0.2) is 5.78 Å². The second kappa shape index (κ2) is 6.42. The van der Waals surface area contributed by atoms with E-state index in [4.69, 9.17) is 0 Å². The van der Waals surface area contributed by atoms with Gasteiger partial charge in [-0.05, 0) is 30.7 Å². The fraction of sp³-hybridized carbons (Fsp3) is 0.214. The summed E-state index contributed by atoms with van der Waals surface area (Å²) >= 11 is 0. The maximum Gasteiger partial charge on any atom is 0.573 e. The zero-order chi connectivity index (χ0) is 16.2. The zero-order valence-corrected chi connectivity index (χ0v) is 11.5. The first-order chi connectivity index (χ1) is 10.3. The van der Waals surface area contributed by atoms with Crippen LogP contribution in [0, 0.1) is 0 Å². The molecule has 1 atom stereocenters. The number of carbonyl (C=O) groups is 1. The molecule has 0 spiro atoms. The predicted octanol–water partition coefficient (Wildman–Crippen LogP) is 3.02. The lowest BCUT2D eigenvalue weighted by atomic mass is 10.1. The number of alkyl halides is 3. The van der Waals surface area contributed by atoms with Crippen LogP contribution in [0.1, 0.15) is 18.5 Å². The van der Waals surface area contributed by atoms with Crippen molar-refractivity contribution < 1.29 is 22.7 Å². The topological polar surface area (TPSA) is 57.0 Å². The van der Waals surface area contributed by atoms with Crippen molar-refractivity contribution in [2.75, 3.05) is 0 Å². The van der Waals surface area contributed by atoms with Gasteiger partial charge in [0, 0.05) is 0 Å². The van der Waals surface area contributed by atoms with Crippen LogP contribution >= 0.6 is 0 Å². The summed E-state index contributed by atoms with van der Waals surface area (Å²) < 4.78 is 41.2. The second-order valence-corrected chi connectivity index (χ2v) is 4.40. The molecule has 1 aromatic carbocycles. The molecule has 1 aromatic heterocycles. The number of aromatic nitrogens is 3. The maximum absolute atomic E-state index is 12.0. The normalized spacial score (nSPS) is 13.3. The molecular formula is C14H12F3N3O2. The molecule has 0 aliphatic rings. The minimum Gasteiger partial charge on any atom is -0.406 e. The first-order valence-electron chi connectivity index (χ1n) is 6.27. The predicted molar refractivity (Wildman–Crippen MR) is 71.9 cm³/mol. The van der Waals surface area contributed by atoms with E-state index in [1.54, 1.807) is 6.92 Å². The van der Waals surface area contributed by atoms with Gasteiger partial charge in [0.2, 0.25) is 0 Å². The van der Waals surface area contributed by atoms with Gasteiger partial charge in [0.05, 0.1) is 0 Å². The summed E-state index contributed by atoms with van der Waals surface area (Å²) in [4.78, 5) is 15.7. The number of ether oxygens (including phenoxy) is 1. The molecule has 0 saturated heterocycles. The summed E-state index contributed by atoms with van der Waals surface area (Å²) in [5.74, 6) is -0.520. The van der Waals surface area contributed by atoms with E-state index in [0.29, 0.717) is 5.56 Å². The third-order valence-electron chi connectivity index (χ3n) is 2.80. The fourth-order valence-corrected chi connectivity index (χ4v) is 1.65. The van der Waals surface area contributed by atoms with E-state index < -0.39 is 12.4 Å². The minimum atomic E-state index is -4.72. The maximum atomic E-state index is 12.0. The molecule has 0 bridgehead atoms. The van der Waals surface area contributed by atoms with Gasteiger partial charge in [-0.3, -0.25) is 4.79 Å². The third kappa shape index (κ3) is 4.44. The summed E-state index contributed by atoms with van der Waals surface area (Å²) in [6, 6.07) is 4.69. The standard InChI is InChI=1S/C14H12F3N3O2/c1-10(20-9-18-8-19-20)13(21)7-4-11-2-5-12(6-3-11)22-14(15,16)17/h2-10H,1H3/b7-4+. The highest BCUT2D eigenvalue weighted by Gasteiger charge is 2.30. The number of hydrogen-bond donors (Lipinski definition) is 0. The average Bonchev–Trinajstić information content (AvgIpc) is 2.98. The highest BCUT2D eigenvalue weighted by atomic mass is 19.4. The Balaban J connectivity index is 1.99. The van der Waals surface area contributed by atoms with Crippen LogP contribution in [0.15, 0.2) is 43.0 Å². The summed E-state index contributed by atoms with van der Waals surface area (Å²) in [7, 11) is 0. The Bertz CT molecular complexity index is 649. The van der Waals surface area contributed by atoms with Gasteiger partial charge in [-0.25, -0.2) is 9.67 Å². The van der Waals surface area contributed by atoms with E-state index >= 15 is 0 Å². The number of halogens is 3. The molecule has 2 rings (SSSR count). The molecule has 8 heteroatoms. The highest BCUT2D eigenvalue weighted by Crippen LogP contribution is 2.23. The fourth-order valence-electron chi connectivity index (χ4n) is 1.65. The number of allylic oxidation sites excluding steroid dienone is 1. The lowest BCUT2D eigenvalue weighted by Gasteiger charge is -2.08. The van der Waals surface area contributed by atoms with Crippen LogP contribution in [0.5, 0.6) is 5.75 Å². The van der Waals surface area contributed by atoms with E-state index in [1.807, 2.05) is 0 Å². The van der Waals surface area contributed by atoms with E-state index in [-0.39, 0.29) is 11.5 Å². The van der Waals surface area contributed by atoms with Crippen molar-refractivity contribution >= 4 is 11.9 Å². The Hall–Kier alpha value is -2.64. The van der Waals surface area contributed by atoms with Crippen molar-refractivity contribution in [2.45, 2.75) is 19.3 Å². The quantitative estimate of drug-likeness (QED) is 0.797. The molecule has 22 heavy (non-hydrogen) atoms. The number of nitrogens with zero attached hydrogens (tertiary/aromatic N) is 3. The molecule has 5 nitrogen and oxygen atoms in total. The summed E-state index contributed by atoms with van der Waals surface area (Å²) in [5, 5.41) is 3.87. The number of carbonyl (C=O) groups excluding carboxylic acids is 1. The molecular weight excluding hydrogens is 299 g/mol. The van der Waals surface area contributed by atoms with E-state index in [2.05, 4.69) is 14.8 Å². The monoisotopic (exact) mass is 311 g/mol. The summed E-state index contributed by atoms with van der Waals surface area (Å²) in [5.41, 5.74) is 0.577. The molecule has 0 fully saturated rings. The number of benzene rings is 1. The van der Waals surface area contributed by atoms with Gasteiger partial charge in [-0.2, -0.15) is 5.10 Å². The first kappa shape index (κ1) is 15.7. The summed E-state index contributed by atoms with van der Waals surface area (Å²) in [6.45, 7) is 1.67. The van der Waals surface area contributed by atoms with Crippen LogP contribution in [-0.4, -0.2) is 26.9 Å². The highest BCUT2D eigenvalue weighted by molar-refractivity contribution is 5.96. The Kier molecular flexibility index (Phi) is 4.59. The Labute approximate surface area is 124 Å². The van der Waals surface area contributed by atoms with Crippen molar-refractivity contribution in [1.82, 2.24) is 14.8 Å². The number of ketones is 1. The van der Waals surface area contributed by atoms with E-state index in [1.165, 1.54) is 53.8 Å².